The number of hydrogen-bond acceptors (Lipinski definition) is 3. The summed E-state index contributed by atoms with van der Waals surface area (Å²) in [5, 5.41) is 9.26. The van der Waals surface area contributed by atoms with Crippen LogP contribution >= 0.6 is 11.6 Å². The number of ether oxygens (including phenoxy) is 1. The summed E-state index contributed by atoms with van der Waals surface area (Å²) < 4.78 is 5.21. The molecule has 1 aliphatic heterocycles. The Morgan fingerprint density at radius 1 is 1.61 bits per heavy atom. The van der Waals surface area contributed by atoms with Crippen molar-refractivity contribution >= 4 is 23.5 Å². The molecule has 0 aliphatic carbocycles. The first kappa shape index (κ1) is 12.9. The summed E-state index contributed by atoms with van der Waals surface area (Å²) in [6.45, 7) is 1.04. The van der Waals surface area contributed by atoms with Gasteiger partial charge in [0.05, 0.1) is 30.7 Å². The molecule has 0 aromatic carbocycles. The number of nitrogens with zero attached hydrogens (tertiary/aromatic N) is 1. The van der Waals surface area contributed by atoms with Crippen LogP contribution in [-0.2, 0) is 9.53 Å². The quantitative estimate of drug-likeness (QED) is 0.859. The number of aromatic nitrogens is 1. The molecular weight excluding hydrogens is 260 g/mol. The molecule has 1 atom stereocenters. The zero-order valence-electron chi connectivity index (χ0n) is 9.56. The van der Waals surface area contributed by atoms with E-state index in [1.165, 1.54) is 17.2 Å². The minimum atomic E-state index is -0.951. The molecule has 1 saturated heterocycles. The van der Waals surface area contributed by atoms with E-state index in [0.717, 1.165) is 0 Å². The van der Waals surface area contributed by atoms with Crippen molar-refractivity contribution in [1.82, 2.24) is 9.88 Å². The highest BCUT2D eigenvalue weighted by Gasteiger charge is 2.30. The van der Waals surface area contributed by atoms with Gasteiger partial charge in [0.25, 0.3) is 5.91 Å². The van der Waals surface area contributed by atoms with Crippen molar-refractivity contribution in [3.63, 3.8) is 0 Å². The summed E-state index contributed by atoms with van der Waals surface area (Å²) in [4.78, 5) is 27.2. The fraction of sp³-hybridized carbons (Fsp3) is 0.455. The van der Waals surface area contributed by atoms with Crippen molar-refractivity contribution in [3.05, 3.63) is 23.0 Å². The van der Waals surface area contributed by atoms with E-state index in [1.54, 1.807) is 0 Å². The lowest BCUT2D eigenvalue weighted by molar-refractivity contribution is -0.139. The lowest BCUT2D eigenvalue weighted by Gasteiger charge is -2.34. The van der Waals surface area contributed by atoms with Crippen LogP contribution in [0.4, 0.5) is 0 Å². The summed E-state index contributed by atoms with van der Waals surface area (Å²) >= 11 is 5.74. The van der Waals surface area contributed by atoms with Crippen LogP contribution in [0.2, 0.25) is 5.02 Å². The minimum absolute atomic E-state index is 0.125. The molecule has 18 heavy (non-hydrogen) atoms. The van der Waals surface area contributed by atoms with Gasteiger partial charge in [-0.3, -0.25) is 9.59 Å². The predicted octanol–water partition coefficient (Wildman–Crippen LogP) is 0.984. The fourth-order valence-electron chi connectivity index (χ4n) is 1.94. The fourth-order valence-corrected chi connectivity index (χ4v) is 2.10. The number of hydrogen-bond donors (Lipinski definition) is 2. The third-order valence-corrected chi connectivity index (χ3v) is 3.00. The van der Waals surface area contributed by atoms with Gasteiger partial charge in [-0.2, -0.15) is 0 Å². The zero-order valence-corrected chi connectivity index (χ0v) is 10.3. The largest absolute Gasteiger partial charge is 0.481 e. The van der Waals surface area contributed by atoms with Crippen LogP contribution in [0, 0.1) is 0 Å². The summed E-state index contributed by atoms with van der Waals surface area (Å²) in [5.74, 6) is -1.20. The molecule has 1 amide bonds. The molecule has 7 heteroatoms. The third-order valence-electron chi connectivity index (χ3n) is 2.78. The number of carbonyl (C=O) groups excluding carboxylic acids is 1. The number of morpholine rings is 1. The van der Waals surface area contributed by atoms with E-state index >= 15 is 0 Å². The molecule has 2 heterocycles. The normalized spacial score (nSPS) is 19.8. The highest BCUT2D eigenvalue weighted by atomic mass is 35.5. The Morgan fingerprint density at radius 2 is 2.39 bits per heavy atom. The van der Waals surface area contributed by atoms with Crippen LogP contribution in [0.25, 0.3) is 0 Å². The second-order valence-corrected chi connectivity index (χ2v) is 4.49. The highest BCUT2D eigenvalue weighted by molar-refractivity contribution is 6.30. The van der Waals surface area contributed by atoms with Gasteiger partial charge in [-0.25, -0.2) is 0 Å². The van der Waals surface area contributed by atoms with Gasteiger partial charge < -0.3 is 19.7 Å². The molecule has 1 unspecified atom stereocenters. The van der Waals surface area contributed by atoms with E-state index in [0.29, 0.717) is 23.9 Å². The van der Waals surface area contributed by atoms with Crippen LogP contribution in [0.1, 0.15) is 16.9 Å². The molecule has 0 saturated carbocycles. The maximum atomic E-state index is 12.2. The van der Waals surface area contributed by atoms with Gasteiger partial charge in [-0.15, -0.1) is 0 Å². The molecular formula is C11H13ClN2O4. The number of carboxylic acid groups (broad SMARTS) is 1. The maximum absolute atomic E-state index is 12.2. The van der Waals surface area contributed by atoms with Crippen LogP contribution in [-0.4, -0.2) is 52.7 Å². The van der Waals surface area contributed by atoms with Gasteiger partial charge in [-0.1, -0.05) is 11.6 Å². The molecule has 0 spiro atoms. The molecule has 1 aliphatic rings. The summed E-state index contributed by atoms with van der Waals surface area (Å²) in [6.07, 6.45) is 1.39. The molecule has 2 rings (SSSR count). The first-order valence-electron chi connectivity index (χ1n) is 5.52. The second-order valence-electron chi connectivity index (χ2n) is 4.06. The van der Waals surface area contributed by atoms with Gasteiger partial charge in [0, 0.05) is 12.7 Å². The number of aliphatic carboxylic acids is 1. The molecule has 1 aromatic heterocycles. The molecule has 0 bridgehead atoms. The Bertz CT molecular complexity index is 460. The number of halogens is 1. The van der Waals surface area contributed by atoms with Gasteiger partial charge >= 0.3 is 5.97 Å². The third kappa shape index (κ3) is 2.83. The Balaban J connectivity index is 2.13. The van der Waals surface area contributed by atoms with Gasteiger partial charge in [0.2, 0.25) is 0 Å². The number of amides is 1. The Kier molecular flexibility index (Phi) is 3.88. The average molecular weight is 273 g/mol. The first-order valence-corrected chi connectivity index (χ1v) is 5.90. The standard InChI is InChI=1S/C11H13ClN2O4/c12-7-3-9(13-5-7)11(17)14-1-2-18-6-8(14)4-10(15)16/h3,5,8,13H,1-2,4,6H2,(H,15,16). The van der Waals surface area contributed by atoms with Crippen molar-refractivity contribution in [3.8, 4) is 0 Å². The lowest BCUT2D eigenvalue weighted by Crippen LogP contribution is -2.49. The Hall–Kier alpha value is -1.53. The molecule has 98 valence electrons. The number of carbonyl (C=O) groups is 2. The zero-order chi connectivity index (χ0) is 13.1. The summed E-state index contributed by atoms with van der Waals surface area (Å²) in [6, 6.07) is 1.09. The van der Waals surface area contributed by atoms with E-state index < -0.39 is 12.0 Å². The predicted molar refractivity (Wildman–Crippen MR) is 63.7 cm³/mol. The topological polar surface area (TPSA) is 82.6 Å². The van der Waals surface area contributed by atoms with Crippen molar-refractivity contribution in [2.75, 3.05) is 19.8 Å². The molecule has 2 N–H and O–H groups in total. The number of H-pyrrole nitrogens is 1. The highest BCUT2D eigenvalue weighted by Crippen LogP contribution is 2.17. The first-order chi connectivity index (χ1) is 8.58. The SMILES string of the molecule is O=C(O)CC1COCCN1C(=O)c1cc(Cl)c[nH]1. The Morgan fingerprint density at radius 3 is 3.00 bits per heavy atom. The number of carboxylic acids is 1. The van der Waals surface area contributed by atoms with Crippen molar-refractivity contribution < 1.29 is 19.4 Å². The van der Waals surface area contributed by atoms with E-state index in [-0.39, 0.29) is 18.9 Å². The molecule has 0 radical (unpaired) electrons. The van der Waals surface area contributed by atoms with E-state index in [1.807, 2.05) is 0 Å². The second kappa shape index (κ2) is 5.41. The van der Waals surface area contributed by atoms with Crippen molar-refractivity contribution in [2.24, 2.45) is 0 Å². The maximum Gasteiger partial charge on any atom is 0.305 e. The molecule has 1 aromatic rings. The van der Waals surface area contributed by atoms with Crippen LogP contribution in [0.5, 0.6) is 0 Å². The van der Waals surface area contributed by atoms with Crippen molar-refractivity contribution in [1.29, 1.82) is 0 Å². The van der Waals surface area contributed by atoms with Gasteiger partial charge in [-0.05, 0) is 6.07 Å². The number of rotatable bonds is 3. The van der Waals surface area contributed by atoms with E-state index in [4.69, 9.17) is 21.4 Å². The van der Waals surface area contributed by atoms with Crippen LogP contribution in [0.15, 0.2) is 12.3 Å². The number of nitrogens with one attached hydrogen (secondary N) is 1. The smallest absolute Gasteiger partial charge is 0.305 e. The number of aromatic amines is 1. The van der Waals surface area contributed by atoms with Crippen LogP contribution < -0.4 is 0 Å². The Labute approximate surface area is 108 Å². The van der Waals surface area contributed by atoms with Gasteiger partial charge in [0.1, 0.15) is 5.69 Å². The lowest BCUT2D eigenvalue weighted by atomic mass is 10.1. The van der Waals surface area contributed by atoms with Crippen molar-refractivity contribution in [2.45, 2.75) is 12.5 Å². The molecule has 6 nitrogen and oxygen atoms in total. The van der Waals surface area contributed by atoms with Crippen LogP contribution in [0.3, 0.4) is 0 Å². The van der Waals surface area contributed by atoms with E-state index in [2.05, 4.69) is 4.98 Å². The van der Waals surface area contributed by atoms with Gasteiger partial charge in [0.15, 0.2) is 0 Å². The van der Waals surface area contributed by atoms with E-state index in [9.17, 15) is 9.59 Å². The minimum Gasteiger partial charge on any atom is -0.481 e. The molecule has 1 fully saturated rings. The average Bonchev–Trinajstić information content (AvgIpc) is 2.75. The summed E-state index contributed by atoms with van der Waals surface area (Å²) in [7, 11) is 0. The monoisotopic (exact) mass is 272 g/mol. The summed E-state index contributed by atoms with van der Waals surface area (Å²) in [5.41, 5.74) is 0.359.